The molecule has 0 aromatic carbocycles. The summed E-state index contributed by atoms with van der Waals surface area (Å²) in [5, 5.41) is 10.9. The summed E-state index contributed by atoms with van der Waals surface area (Å²) in [6.07, 6.45) is 2.64. The largest absolute Gasteiger partial charge is 0.435 e. The van der Waals surface area contributed by atoms with Crippen molar-refractivity contribution in [1.29, 1.82) is 0 Å². The highest BCUT2D eigenvalue weighted by Crippen LogP contribution is 2.46. The number of carbonyl (C=O) groups excluding carboxylic acids is 1. The van der Waals surface area contributed by atoms with E-state index in [0.717, 1.165) is 46.2 Å². The number of nitrogens with zero attached hydrogens (tertiary/aromatic N) is 5. The smallest absolute Gasteiger partial charge is 0.344 e. The van der Waals surface area contributed by atoms with Gasteiger partial charge in [0.1, 0.15) is 5.69 Å². The van der Waals surface area contributed by atoms with Crippen molar-refractivity contribution in [3.05, 3.63) is 58.9 Å². The van der Waals surface area contributed by atoms with Crippen LogP contribution in [0.5, 0.6) is 0 Å². The lowest BCUT2D eigenvalue weighted by molar-refractivity contribution is -0.141. The molecular formula is C21H21F3N6O. The summed E-state index contributed by atoms with van der Waals surface area (Å²) in [4.78, 5) is 17.1. The van der Waals surface area contributed by atoms with Gasteiger partial charge in [-0.05, 0) is 37.8 Å². The first-order valence-corrected chi connectivity index (χ1v) is 10.1. The van der Waals surface area contributed by atoms with Crippen LogP contribution in [0, 0.1) is 0 Å². The molecule has 31 heavy (non-hydrogen) atoms. The summed E-state index contributed by atoms with van der Waals surface area (Å²) in [6, 6.07) is 4.38. The lowest BCUT2D eigenvalue weighted by Gasteiger charge is -2.13. The molecule has 5 rings (SSSR count). The summed E-state index contributed by atoms with van der Waals surface area (Å²) in [7, 11) is 1.32. The average Bonchev–Trinajstić information content (AvgIpc) is 3.06. The van der Waals surface area contributed by atoms with Crippen LogP contribution >= 0.6 is 0 Å². The fourth-order valence-corrected chi connectivity index (χ4v) is 4.01. The van der Waals surface area contributed by atoms with E-state index in [4.69, 9.17) is 0 Å². The number of rotatable bonds is 4. The van der Waals surface area contributed by atoms with Gasteiger partial charge in [0, 0.05) is 42.2 Å². The Bertz CT molecular complexity index is 1170. The first-order chi connectivity index (χ1) is 14.6. The highest BCUT2D eigenvalue weighted by Gasteiger charge is 2.40. The Morgan fingerprint density at radius 1 is 1.26 bits per heavy atom. The molecule has 3 heterocycles. The minimum Gasteiger partial charge on any atom is -0.344 e. The molecule has 0 spiro atoms. The normalized spacial score (nSPS) is 19.3. The number of halogens is 3. The molecule has 0 bridgehead atoms. The standard InChI is InChI=1S/C21H21F3N6O/c1-20(6-7-20)17-9-12(5-8-25-17)30-11-13-14(3-4-15(13)27-30)26-19(31)16-10-18(21(22,23)24)28-29(16)2/h5,8-11,14H,3-4,6-7H2,1-2H3,(H,26,31)/t14-/m1/s1. The molecule has 3 aromatic heterocycles. The molecule has 0 unspecified atom stereocenters. The predicted octanol–water partition coefficient (Wildman–Crippen LogP) is 3.49. The lowest BCUT2D eigenvalue weighted by Crippen LogP contribution is -2.28. The maximum absolute atomic E-state index is 12.9. The van der Waals surface area contributed by atoms with E-state index in [2.05, 4.69) is 27.4 Å². The van der Waals surface area contributed by atoms with Crippen LogP contribution < -0.4 is 5.32 Å². The molecule has 162 valence electrons. The van der Waals surface area contributed by atoms with E-state index < -0.39 is 17.8 Å². The van der Waals surface area contributed by atoms with Gasteiger partial charge in [0.25, 0.3) is 5.91 Å². The predicted molar refractivity (Wildman–Crippen MR) is 105 cm³/mol. The van der Waals surface area contributed by atoms with Gasteiger partial charge in [0.15, 0.2) is 5.69 Å². The van der Waals surface area contributed by atoms with Crippen LogP contribution in [0.25, 0.3) is 5.69 Å². The van der Waals surface area contributed by atoms with Gasteiger partial charge in [-0.1, -0.05) is 6.92 Å². The third-order valence-corrected chi connectivity index (χ3v) is 6.20. The number of amides is 1. The van der Waals surface area contributed by atoms with Crippen molar-refractivity contribution in [2.45, 2.75) is 50.2 Å². The molecule has 0 radical (unpaired) electrons. The Kier molecular flexibility index (Phi) is 4.25. The summed E-state index contributed by atoms with van der Waals surface area (Å²) < 4.78 is 41.4. The fourth-order valence-electron chi connectivity index (χ4n) is 4.01. The summed E-state index contributed by atoms with van der Waals surface area (Å²) >= 11 is 0. The Balaban J connectivity index is 1.37. The quantitative estimate of drug-likeness (QED) is 0.688. The Morgan fingerprint density at radius 2 is 2.03 bits per heavy atom. The number of fused-ring (bicyclic) bond motifs is 1. The fraction of sp³-hybridized carbons (Fsp3) is 0.429. The molecule has 7 nitrogen and oxygen atoms in total. The van der Waals surface area contributed by atoms with Gasteiger partial charge in [0.2, 0.25) is 0 Å². The molecule has 1 N–H and O–H groups in total. The van der Waals surface area contributed by atoms with E-state index in [-0.39, 0.29) is 17.2 Å². The molecule has 0 aliphatic heterocycles. The van der Waals surface area contributed by atoms with Crippen molar-refractivity contribution in [3.63, 3.8) is 0 Å². The van der Waals surface area contributed by atoms with Crippen LogP contribution in [0.4, 0.5) is 13.2 Å². The molecule has 0 saturated heterocycles. The van der Waals surface area contributed by atoms with Crippen molar-refractivity contribution < 1.29 is 18.0 Å². The topological polar surface area (TPSA) is 77.6 Å². The van der Waals surface area contributed by atoms with E-state index >= 15 is 0 Å². The molecule has 1 amide bonds. The minimum atomic E-state index is -4.60. The van der Waals surface area contributed by atoms with Crippen LogP contribution in [0.1, 0.15) is 65.4 Å². The molecule has 2 aliphatic carbocycles. The van der Waals surface area contributed by atoms with Gasteiger partial charge in [-0.15, -0.1) is 0 Å². The molecule has 2 aliphatic rings. The second-order valence-corrected chi connectivity index (χ2v) is 8.54. The summed E-state index contributed by atoms with van der Waals surface area (Å²) in [5.74, 6) is -0.594. The number of aryl methyl sites for hydroxylation is 2. The van der Waals surface area contributed by atoms with Gasteiger partial charge in [-0.3, -0.25) is 14.5 Å². The van der Waals surface area contributed by atoms with Crippen LogP contribution in [-0.2, 0) is 25.1 Å². The lowest BCUT2D eigenvalue weighted by atomic mass is 10.0. The number of hydrogen-bond donors (Lipinski definition) is 1. The first kappa shape index (κ1) is 19.8. The maximum atomic E-state index is 12.9. The van der Waals surface area contributed by atoms with E-state index in [1.807, 2.05) is 18.3 Å². The second-order valence-electron chi connectivity index (χ2n) is 8.54. The van der Waals surface area contributed by atoms with Crippen LogP contribution in [0.15, 0.2) is 30.6 Å². The first-order valence-electron chi connectivity index (χ1n) is 10.1. The van der Waals surface area contributed by atoms with Crippen molar-refractivity contribution in [2.24, 2.45) is 7.05 Å². The van der Waals surface area contributed by atoms with E-state index in [9.17, 15) is 18.0 Å². The molecule has 10 heteroatoms. The zero-order chi connectivity index (χ0) is 22.0. The van der Waals surface area contributed by atoms with E-state index in [1.165, 1.54) is 7.05 Å². The zero-order valence-corrected chi connectivity index (χ0v) is 17.1. The molecule has 1 fully saturated rings. The van der Waals surface area contributed by atoms with Crippen molar-refractivity contribution in [2.75, 3.05) is 0 Å². The number of aromatic nitrogens is 5. The maximum Gasteiger partial charge on any atom is 0.435 e. The number of pyridine rings is 1. The van der Waals surface area contributed by atoms with Crippen molar-refractivity contribution in [1.82, 2.24) is 29.9 Å². The Hall–Kier alpha value is -3.17. The van der Waals surface area contributed by atoms with Crippen LogP contribution in [-0.4, -0.2) is 30.5 Å². The highest BCUT2D eigenvalue weighted by molar-refractivity contribution is 5.93. The number of carbonyl (C=O) groups is 1. The number of nitrogens with one attached hydrogen (secondary N) is 1. The van der Waals surface area contributed by atoms with Gasteiger partial charge < -0.3 is 5.32 Å². The highest BCUT2D eigenvalue weighted by atomic mass is 19.4. The van der Waals surface area contributed by atoms with Gasteiger partial charge in [0.05, 0.1) is 17.4 Å². The summed E-state index contributed by atoms with van der Waals surface area (Å²) in [5.41, 5.74) is 2.62. The van der Waals surface area contributed by atoms with Crippen LogP contribution in [0.2, 0.25) is 0 Å². The van der Waals surface area contributed by atoms with Crippen LogP contribution in [0.3, 0.4) is 0 Å². The number of alkyl halides is 3. The second kappa shape index (κ2) is 6.66. The van der Waals surface area contributed by atoms with Gasteiger partial charge >= 0.3 is 6.18 Å². The molecule has 3 aromatic rings. The monoisotopic (exact) mass is 430 g/mol. The Labute approximate surface area is 176 Å². The number of hydrogen-bond acceptors (Lipinski definition) is 4. The van der Waals surface area contributed by atoms with Crippen molar-refractivity contribution in [3.8, 4) is 5.69 Å². The summed E-state index contributed by atoms with van der Waals surface area (Å²) in [6.45, 7) is 2.19. The molecular weight excluding hydrogens is 409 g/mol. The van der Waals surface area contributed by atoms with E-state index in [0.29, 0.717) is 12.8 Å². The zero-order valence-electron chi connectivity index (χ0n) is 17.1. The van der Waals surface area contributed by atoms with Crippen molar-refractivity contribution >= 4 is 5.91 Å². The van der Waals surface area contributed by atoms with Gasteiger partial charge in [-0.2, -0.15) is 23.4 Å². The van der Waals surface area contributed by atoms with E-state index in [1.54, 1.807) is 10.9 Å². The third-order valence-electron chi connectivity index (χ3n) is 6.20. The minimum absolute atomic E-state index is 0.135. The van der Waals surface area contributed by atoms with Gasteiger partial charge in [-0.25, -0.2) is 4.68 Å². The Morgan fingerprint density at radius 3 is 2.71 bits per heavy atom. The SMILES string of the molecule is Cn1nc(C(F)(F)F)cc1C(=O)N[C@@H]1CCc2nn(-c3ccnc(C4(C)CC4)c3)cc21. The third kappa shape index (κ3) is 3.49. The molecule has 1 saturated carbocycles. The molecule has 1 atom stereocenters. The average molecular weight is 430 g/mol.